The van der Waals surface area contributed by atoms with Crippen LogP contribution >= 0.6 is 22.9 Å². The zero-order chi connectivity index (χ0) is 39.4. The molecule has 4 aliphatic heterocycles. The summed E-state index contributed by atoms with van der Waals surface area (Å²) < 4.78 is 17.9. The molecule has 0 spiro atoms. The van der Waals surface area contributed by atoms with Gasteiger partial charge in [0, 0.05) is 79.7 Å². The molecule has 3 atom stereocenters. The number of hydrogen-bond donors (Lipinski definition) is 3. The molecule has 4 aliphatic rings. The van der Waals surface area contributed by atoms with E-state index in [0.717, 1.165) is 26.9 Å². The monoisotopic (exact) mass is 801 g/mol. The Labute approximate surface area is 331 Å². The lowest BCUT2D eigenvalue weighted by atomic mass is 9.96. The number of nitrogens with one attached hydrogen (secondary N) is 3. The fourth-order valence-electron chi connectivity index (χ4n) is 8.12. The predicted octanol–water partition coefficient (Wildman–Crippen LogP) is 3.51. The second kappa shape index (κ2) is 15.2. The Morgan fingerprint density at radius 3 is 2.45 bits per heavy atom. The molecule has 4 aromatic rings. The lowest BCUT2D eigenvalue weighted by molar-refractivity contribution is -0.136. The van der Waals surface area contributed by atoms with Gasteiger partial charge in [0.15, 0.2) is 5.82 Å². The number of piperazine rings is 1. The Morgan fingerprint density at radius 1 is 0.982 bits per heavy atom. The van der Waals surface area contributed by atoms with Crippen LogP contribution in [0.2, 0.25) is 5.02 Å². The van der Waals surface area contributed by atoms with Crippen LogP contribution in [0.4, 0.5) is 4.39 Å². The van der Waals surface area contributed by atoms with Gasteiger partial charge in [0.1, 0.15) is 22.7 Å². The first kappa shape index (κ1) is 38.0. The van der Waals surface area contributed by atoms with Gasteiger partial charge in [-0.1, -0.05) is 29.8 Å². The zero-order valence-electron chi connectivity index (χ0n) is 31.2. The molecule has 14 nitrogen and oxygen atoms in total. The van der Waals surface area contributed by atoms with E-state index in [4.69, 9.17) is 11.6 Å². The molecule has 2 aromatic carbocycles. The average molecular weight is 802 g/mol. The van der Waals surface area contributed by atoms with Gasteiger partial charge in [-0.3, -0.25) is 53.9 Å². The highest BCUT2D eigenvalue weighted by Gasteiger charge is 2.46. The molecule has 6 heterocycles. The van der Waals surface area contributed by atoms with E-state index in [1.807, 2.05) is 31.2 Å². The number of aryl methyl sites for hydroxylation is 2. The number of benzene rings is 2. The van der Waals surface area contributed by atoms with Crippen molar-refractivity contribution in [2.75, 3.05) is 39.3 Å². The van der Waals surface area contributed by atoms with Crippen molar-refractivity contribution in [2.24, 2.45) is 0 Å². The van der Waals surface area contributed by atoms with Gasteiger partial charge in [0.2, 0.25) is 17.7 Å². The number of imide groups is 2. The Hall–Kier alpha value is -4.87. The van der Waals surface area contributed by atoms with E-state index in [2.05, 4.69) is 54.4 Å². The maximum absolute atomic E-state index is 15.8. The molecule has 17 heteroatoms. The van der Waals surface area contributed by atoms with Crippen LogP contribution in [0.5, 0.6) is 0 Å². The van der Waals surface area contributed by atoms with E-state index in [9.17, 15) is 24.0 Å². The molecule has 2 fully saturated rings. The molecule has 2 saturated heterocycles. The Bertz CT molecular complexity index is 2270. The summed E-state index contributed by atoms with van der Waals surface area (Å²) in [5.41, 5.74) is 3.23. The predicted molar refractivity (Wildman–Crippen MR) is 205 cm³/mol. The summed E-state index contributed by atoms with van der Waals surface area (Å²) in [4.78, 5) is 70.1. The largest absolute Gasteiger partial charge is 0.355 e. The molecule has 2 unspecified atom stereocenters. The van der Waals surface area contributed by atoms with Crippen molar-refractivity contribution in [3.63, 3.8) is 0 Å². The molecule has 2 aromatic heterocycles. The number of fused-ring (bicyclic) bond motifs is 4. The fraction of sp³-hybridized carbons (Fsp3) is 0.410. The molecule has 3 N–H and O–H groups in total. The summed E-state index contributed by atoms with van der Waals surface area (Å²) in [6.45, 7) is 10.1. The van der Waals surface area contributed by atoms with Crippen molar-refractivity contribution in [3.05, 3.63) is 97.1 Å². The lowest BCUT2D eigenvalue weighted by Crippen LogP contribution is -2.54. The first-order valence-electron chi connectivity index (χ1n) is 18.7. The van der Waals surface area contributed by atoms with Crippen LogP contribution in [0.3, 0.4) is 0 Å². The number of halogens is 2. The van der Waals surface area contributed by atoms with Crippen molar-refractivity contribution < 1.29 is 28.4 Å². The minimum atomic E-state index is -1.16. The first-order valence-corrected chi connectivity index (χ1v) is 19.9. The number of nitrogens with zero attached hydrogens (tertiary/aromatic N) is 6. The quantitative estimate of drug-likeness (QED) is 0.214. The molecular weight excluding hydrogens is 761 g/mol. The van der Waals surface area contributed by atoms with E-state index in [0.29, 0.717) is 50.1 Å². The summed E-state index contributed by atoms with van der Waals surface area (Å²) in [6, 6.07) is 8.97. The number of carbonyl (C=O) groups is 5. The van der Waals surface area contributed by atoms with E-state index >= 15 is 4.39 Å². The van der Waals surface area contributed by atoms with Gasteiger partial charge in [-0.05, 0) is 56.5 Å². The lowest BCUT2D eigenvalue weighted by Gasteiger charge is -2.34. The van der Waals surface area contributed by atoms with Gasteiger partial charge < -0.3 is 5.32 Å². The van der Waals surface area contributed by atoms with E-state index in [1.165, 1.54) is 22.6 Å². The van der Waals surface area contributed by atoms with Crippen molar-refractivity contribution in [1.29, 1.82) is 0 Å². The molecule has 5 amide bonds. The van der Waals surface area contributed by atoms with Gasteiger partial charge in [-0.25, -0.2) is 4.39 Å². The van der Waals surface area contributed by atoms with Crippen LogP contribution in [0, 0.1) is 26.6 Å². The molecule has 8 rings (SSSR count). The summed E-state index contributed by atoms with van der Waals surface area (Å²) in [5.74, 6) is -2.25. The van der Waals surface area contributed by atoms with Crippen molar-refractivity contribution in [2.45, 2.75) is 64.7 Å². The van der Waals surface area contributed by atoms with Crippen LogP contribution in [-0.4, -0.2) is 104 Å². The minimum Gasteiger partial charge on any atom is -0.355 e. The standard InChI is InChI=1S/C39H41ClFN9O5S/c1-20-21(2)56-39-31(20)34(23-4-7-25(40)8-5-23)43-27(35-46-45-22(3)49(35)39)18-30(52)42-12-13-47-14-16-48(17-15-47)19-24-6-9-26-32(33(24)41)38(55)50(37(26)54)28-10-11-29(51)44-36(28)53/h4-9,27-28,34,43H,10-19H2,1-3H3,(H,42,52)(H,44,51,53)/t27?,28?,34-/m0/s1. The molecule has 0 radical (unpaired) electrons. The number of thiophene rings is 1. The third-order valence-corrected chi connectivity index (χ3v) is 12.7. The second-order valence-corrected chi connectivity index (χ2v) is 16.4. The molecule has 292 valence electrons. The fourth-order valence-corrected chi connectivity index (χ4v) is 9.50. The van der Waals surface area contributed by atoms with E-state index in [1.54, 1.807) is 11.3 Å². The molecule has 0 bridgehead atoms. The van der Waals surface area contributed by atoms with Crippen LogP contribution in [0.25, 0.3) is 5.00 Å². The maximum atomic E-state index is 15.8. The van der Waals surface area contributed by atoms with Crippen LogP contribution in [0.1, 0.15) is 90.8 Å². The van der Waals surface area contributed by atoms with Crippen molar-refractivity contribution in [1.82, 2.24) is 45.4 Å². The Balaban J connectivity index is 0.862. The molecule has 0 aliphatic carbocycles. The SMILES string of the molecule is Cc1sc2c(c1C)[C@H](c1ccc(Cl)cc1)NC(CC(=O)NCCN1CCN(Cc3ccc4c(c3F)C(=O)N(C3CCC(=O)NC3=O)C4=O)CC1)c1nnc(C)n1-2. The summed E-state index contributed by atoms with van der Waals surface area (Å²) in [6.07, 6.45) is 0.150. The number of hydrogen-bond acceptors (Lipinski definition) is 11. The first-order chi connectivity index (χ1) is 26.9. The highest BCUT2D eigenvalue weighted by atomic mass is 35.5. The van der Waals surface area contributed by atoms with Gasteiger partial charge >= 0.3 is 0 Å². The highest BCUT2D eigenvalue weighted by Crippen LogP contribution is 2.43. The highest BCUT2D eigenvalue weighted by molar-refractivity contribution is 7.14. The van der Waals surface area contributed by atoms with Gasteiger partial charge in [0.25, 0.3) is 11.8 Å². The summed E-state index contributed by atoms with van der Waals surface area (Å²) in [7, 11) is 0. The smallest absolute Gasteiger partial charge is 0.265 e. The Morgan fingerprint density at radius 2 is 1.71 bits per heavy atom. The number of aromatic nitrogens is 3. The summed E-state index contributed by atoms with van der Waals surface area (Å²) >= 11 is 7.94. The maximum Gasteiger partial charge on any atom is 0.265 e. The van der Waals surface area contributed by atoms with Gasteiger partial charge in [0.05, 0.1) is 23.2 Å². The van der Waals surface area contributed by atoms with Crippen LogP contribution < -0.4 is 16.0 Å². The normalized spacial score (nSPS) is 21.4. The van der Waals surface area contributed by atoms with E-state index in [-0.39, 0.29) is 54.4 Å². The van der Waals surface area contributed by atoms with Crippen LogP contribution in [-0.2, 0) is 20.9 Å². The third-order valence-electron chi connectivity index (χ3n) is 11.3. The molecule has 0 saturated carbocycles. The van der Waals surface area contributed by atoms with Crippen LogP contribution in [0.15, 0.2) is 36.4 Å². The van der Waals surface area contributed by atoms with Crippen molar-refractivity contribution in [3.8, 4) is 5.00 Å². The Kier molecular flexibility index (Phi) is 10.3. The number of amides is 5. The van der Waals surface area contributed by atoms with Gasteiger partial charge in [-0.15, -0.1) is 21.5 Å². The molecule has 56 heavy (non-hydrogen) atoms. The van der Waals surface area contributed by atoms with Crippen molar-refractivity contribution >= 4 is 52.5 Å². The topological polar surface area (TPSA) is 162 Å². The third kappa shape index (κ3) is 6.93. The van der Waals surface area contributed by atoms with E-state index < -0.39 is 41.5 Å². The average Bonchev–Trinajstić information content (AvgIpc) is 3.74. The number of carbonyl (C=O) groups excluding carboxylic acids is 5. The number of piperidine rings is 1. The minimum absolute atomic E-state index is 0.00153. The number of rotatable bonds is 9. The second-order valence-electron chi connectivity index (χ2n) is 14.7. The summed E-state index contributed by atoms with van der Waals surface area (Å²) in [5, 5.41) is 19.6. The zero-order valence-corrected chi connectivity index (χ0v) is 32.7. The van der Waals surface area contributed by atoms with Gasteiger partial charge in [-0.2, -0.15) is 0 Å². The molecular formula is C39H41ClFN9O5S.